The van der Waals surface area contributed by atoms with Crippen molar-refractivity contribution in [2.24, 2.45) is 0 Å². The van der Waals surface area contributed by atoms with Gasteiger partial charge in [-0.3, -0.25) is 4.90 Å². The van der Waals surface area contributed by atoms with Crippen LogP contribution in [0.25, 0.3) is 0 Å². The Kier molecular flexibility index (Phi) is 5.29. The molecule has 0 bridgehead atoms. The number of piperidine rings is 1. The summed E-state index contributed by atoms with van der Waals surface area (Å²) >= 11 is 0. The quantitative estimate of drug-likeness (QED) is 0.841. The molecule has 8 heteroatoms. The van der Waals surface area contributed by atoms with E-state index in [1.807, 2.05) is 6.20 Å². The van der Waals surface area contributed by atoms with Gasteiger partial charge in [0.25, 0.3) is 0 Å². The molecule has 3 heterocycles. The molecule has 2 fully saturated rings. The third-order valence-electron chi connectivity index (χ3n) is 5.15. The van der Waals surface area contributed by atoms with E-state index < -0.39 is 10.0 Å². The van der Waals surface area contributed by atoms with Gasteiger partial charge in [-0.15, -0.1) is 0 Å². The van der Waals surface area contributed by atoms with Gasteiger partial charge in [0.1, 0.15) is 5.82 Å². The number of rotatable bonds is 5. The Morgan fingerprint density at radius 3 is 2.58 bits per heavy atom. The van der Waals surface area contributed by atoms with Crippen molar-refractivity contribution in [3.05, 3.63) is 17.7 Å². The molecule has 2 saturated heterocycles. The van der Waals surface area contributed by atoms with Gasteiger partial charge in [0.05, 0.1) is 6.26 Å². The lowest BCUT2D eigenvalue weighted by Gasteiger charge is -2.35. The van der Waals surface area contributed by atoms with Crippen molar-refractivity contribution in [3.63, 3.8) is 0 Å². The van der Waals surface area contributed by atoms with Gasteiger partial charge >= 0.3 is 0 Å². The second-order valence-corrected chi connectivity index (χ2v) is 9.39. The number of aromatic amines is 1. The molecule has 24 heavy (non-hydrogen) atoms. The standard InChI is InChI=1S/C16H29N5O2S/c1-19(2)12-14-10-17-16(18-14)13-4-7-20(11-13)15-5-8-21(9-6-15)24(3,22)23/h10,13,15H,4-9,11-12H2,1-3H3,(H,17,18)/t13-/m0/s1. The van der Waals surface area contributed by atoms with Crippen LogP contribution < -0.4 is 0 Å². The molecule has 3 rings (SSSR count). The lowest BCUT2D eigenvalue weighted by molar-refractivity contribution is 0.166. The monoisotopic (exact) mass is 355 g/mol. The largest absolute Gasteiger partial charge is 0.345 e. The zero-order valence-corrected chi connectivity index (χ0v) is 15.7. The van der Waals surface area contributed by atoms with Crippen LogP contribution in [0.4, 0.5) is 0 Å². The van der Waals surface area contributed by atoms with Crippen molar-refractivity contribution >= 4 is 10.0 Å². The predicted molar refractivity (Wildman–Crippen MR) is 94.3 cm³/mol. The van der Waals surface area contributed by atoms with Crippen molar-refractivity contribution in [1.29, 1.82) is 0 Å². The molecule has 136 valence electrons. The van der Waals surface area contributed by atoms with Gasteiger partial charge in [-0.25, -0.2) is 17.7 Å². The van der Waals surface area contributed by atoms with Crippen molar-refractivity contribution in [1.82, 2.24) is 24.1 Å². The average molecular weight is 356 g/mol. The molecule has 1 atom stereocenters. The third kappa shape index (κ3) is 4.17. The Hall–Kier alpha value is -0.960. The van der Waals surface area contributed by atoms with E-state index in [0.717, 1.165) is 50.4 Å². The maximum Gasteiger partial charge on any atom is 0.211 e. The SMILES string of the molecule is CN(C)Cc1cnc([C@H]2CCN(C3CCN(S(C)(=O)=O)CC3)C2)[nH]1. The van der Waals surface area contributed by atoms with Crippen molar-refractivity contribution in [2.75, 3.05) is 46.5 Å². The fourth-order valence-electron chi connectivity index (χ4n) is 3.89. The molecule has 0 radical (unpaired) electrons. The summed E-state index contributed by atoms with van der Waals surface area (Å²) in [6.07, 6.45) is 6.25. The van der Waals surface area contributed by atoms with E-state index in [-0.39, 0.29) is 0 Å². The number of hydrogen-bond donors (Lipinski definition) is 1. The van der Waals surface area contributed by atoms with Crippen molar-refractivity contribution < 1.29 is 8.42 Å². The van der Waals surface area contributed by atoms with E-state index in [1.54, 1.807) is 4.31 Å². The first-order valence-corrected chi connectivity index (χ1v) is 10.6. The lowest BCUT2D eigenvalue weighted by Crippen LogP contribution is -2.45. The molecule has 2 aliphatic rings. The molecule has 0 aromatic carbocycles. The summed E-state index contributed by atoms with van der Waals surface area (Å²) in [6.45, 7) is 4.29. The Morgan fingerprint density at radius 2 is 1.96 bits per heavy atom. The summed E-state index contributed by atoms with van der Waals surface area (Å²) in [5.41, 5.74) is 1.16. The highest BCUT2D eigenvalue weighted by atomic mass is 32.2. The van der Waals surface area contributed by atoms with E-state index in [9.17, 15) is 8.42 Å². The molecule has 1 aromatic rings. The first kappa shape index (κ1) is 17.8. The van der Waals surface area contributed by atoms with Crippen LogP contribution in [0.3, 0.4) is 0 Å². The summed E-state index contributed by atoms with van der Waals surface area (Å²) in [6, 6.07) is 0.504. The van der Waals surface area contributed by atoms with Crippen molar-refractivity contribution in [2.45, 2.75) is 37.8 Å². The topological polar surface area (TPSA) is 72.5 Å². The highest BCUT2D eigenvalue weighted by molar-refractivity contribution is 7.88. The van der Waals surface area contributed by atoms with E-state index in [4.69, 9.17) is 0 Å². The highest BCUT2D eigenvalue weighted by Gasteiger charge is 2.34. The third-order valence-corrected chi connectivity index (χ3v) is 6.45. The molecule has 0 saturated carbocycles. The average Bonchev–Trinajstić information content (AvgIpc) is 3.14. The minimum atomic E-state index is -3.04. The number of nitrogens with zero attached hydrogens (tertiary/aromatic N) is 4. The Labute approximate surface area is 145 Å². The number of sulfonamides is 1. The predicted octanol–water partition coefficient (Wildman–Crippen LogP) is 0.685. The number of imidazole rings is 1. The molecule has 0 aliphatic carbocycles. The molecule has 0 amide bonds. The summed E-state index contributed by atoms with van der Waals surface area (Å²) in [4.78, 5) is 12.7. The van der Waals surface area contributed by atoms with Crippen LogP contribution in [0, 0.1) is 0 Å². The van der Waals surface area contributed by atoms with Crippen LogP contribution in [0.5, 0.6) is 0 Å². The van der Waals surface area contributed by atoms with E-state index in [0.29, 0.717) is 25.0 Å². The fourth-order valence-corrected chi connectivity index (χ4v) is 4.76. The molecular formula is C16H29N5O2S. The lowest BCUT2D eigenvalue weighted by atomic mass is 10.1. The molecular weight excluding hydrogens is 326 g/mol. The molecule has 0 spiro atoms. The summed E-state index contributed by atoms with van der Waals surface area (Å²) in [5, 5.41) is 0. The first-order chi connectivity index (χ1) is 11.3. The minimum absolute atomic E-state index is 0.467. The maximum atomic E-state index is 11.6. The van der Waals surface area contributed by atoms with Gasteiger partial charge in [0.15, 0.2) is 0 Å². The van der Waals surface area contributed by atoms with Gasteiger partial charge in [0, 0.05) is 50.0 Å². The Bertz CT molecular complexity index is 649. The summed E-state index contributed by atoms with van der Waals surface area (Å²) in [7, 11) is 1.07. The second kappa shape index (κ2) is 7.11. The van der Waals surface area contributed by atoms with E-state index >= 15 is 0 Å². The van der Waals surface area contributed by atoms with E-state index in [1.165, 1.54) is 6.26 Å². The van der Waals surface area contributed by atoms with Gasteiger partial charge < -0.3 is 9.88 Å². The summed E-state index contributed by atoms with van der Waals surface area (Å²) in [5.74, 6) is 1.57. The molecule has 0 unspecified atom stereocenters. The summed E-state index contributed by atoms with van der Waals surface area (Å²) < 4.78 is 24.9. The zero-order valence-electron chi connectivity index (χ0n) is 14.9. The fraction of sp³-hybridized carbons (Fsp3) is 0.812. The van der Waals surface area contributed by atoms with E-state index in [2.05, 4.69) is 33.9 Å². The zero-order chi connectivity index (χ0) is 17.3. The van der Waals surface area contributed by atoms with Crippen LogP contribution in [-0.2, 0) is 16.6 Å². The molecule has 7 nitrogen and oxygen atoms in total. The number of H-pyrrole nitrogens is 1. The van der Waals surface area contributed by atoms with Gasteiger partial charge in [-0.05, 0) is 39.9 Å². The molecule has 2 aliphatic heterocycles. The normalized spacial score (nSPS) is 24.9. The van der Waals surface area contributed by atoms with Crippen LogP contribution in [0.2, 0.25) is 0 Å². The van der Waals surface area contributed by atoms with Gasteiger partial charge in [0.2, 0.25) is 10.0 Å². The van der Waals surface area contributed by atoms with Gasteiger partial charge in [-0.1, -0.05) is 0 Å². The Balaban J connectivity index is 1.53. The Morgan fingerprint density at radius 1 is 1.25 bits per heavy atom. The van der Waals surface area contributed by atoms with Crippen LogP contribution in [-0.4, -0.2) is 85.1 Å². The number of hydrogen-bond acceptors (Lipinski definition) is 5. The van der Waals surface area contributed by atoms with Crippen molar-refractivity contribution in [3.8, 4) is 0 Å². The maximum absolute atomic E-state index is 11.6. The number of likely N-dealkylation sites (tertiary alicyclic amines) is 1. The first-order valence-electron chi connectivity index (χ1n) is 8.70. The molecule has 1 aromatic heterocycles. The van der Waals surface area contributed by atoms with Crippen LogP contribution in [0.1, 0.15) is 36.7 Å². The highest BCUT2D eigenvalue weighted by Crippen LogP contribution is 2.30. The van der Waals surface area contributed by atoms with Gasteiger partial charge in [-0.2, -0.15) is 0 Å². The second-order valence-electron chi connectivity index (χ2n) is 7.41. The number of nitrogens with one attached hydrogen (secondary N) is 1. The smallest absolute Gasteiger partial charge is 0.211 e. The van der Waals surface area contributed by atoms with Crippen LogP contribution >= 0.6 is 0 Å². The minimum Gasteiger partial charge on any atom is -0.345 e. The van der Waals surface area contributed by atoms with Crippen LogP contribution in [0.15, 0.2) is 6.20 Å². The molecule has 1 N–H and O–H groups in total. The number of aromatic nitrogens is 2.